The number of aryl methyl sites for hydroxylation is 1. The van der Waals surface area contributed by atoms with E-state index in [0.717, 1.165) is 24.4 Å². The summed E-state index contributed by atoms with van der Waals surface area (Å²) in [7, 11) is 4.45. The number of rotatable bonds is 4. The lowest BCUT2D eigenvalue weighted by atomic mass is 9.82. The second-order valence-electron chi connectivity index (χ2n) is 6.65. The number of hydrogen-bond acceptors (Lipinski definition) is 2. The lowest BCUT2D eigenvalue weighted by Crippen LogP contribution is -2.43. The van der Waals surface area contributed by atoms with Crippen LogP contribution in [0.3, 0.4) is 0 Å². The SMILES string of the molecule is CCc1cccc(C(NC)C2CC3CCC(C2)N3C)c1. The molecule has 0 aromatic heterocycles. The quantitative estimate of drug-likeness (QED) is 0.904. The summed E-state index contributed by atoms with van der Waals surface area (Å²) in [5, 5.41) is 3.60. The lowest BCUT2D eigenvalue weighted by molar-refractivity contribution is 0.114. The Bertz CT molecular complexity index is 442. The first-order valence-electron chi connectivity index (χ1n) is 8.21. The summed E-state index contributed by atoms with van der Waals surface area (Å²) in [6.07, 6.45) is 6.65. The minimum absolute atomic E-state index is 0.526. The van der Waals surface area contributed by atoms with Gasteiger partial charge in [0, 0.05) is 18.1 Å². The molecule has 3 rings (SSSR count). The van der Waals surface area contributed by atoms with Crippen LogP contribution in [-0.2, 0) is 6.42 Å². The molecule has 110 valence electrons. The van der Waals surface area contributed by atoms with E-state index in [9.17, 15) is 0 Å². The Balaban J connectivity index is 1.80. The van der Waals surface area contributed by atoms with E-state index in [1.807, 2.05) is 0 Å². The second-order valence-corrected chi connectivity index (χ2v) is 6.65. The van der Waals surface area contributed by atoms with Gasteiger partial charge >= 0.3 is 0 Å². The number of hydrogen-bond donors (Lipinski definition) is 1. The molecule has 1 aromatic carbocycles. The minimum Gasteiger partial charge on any atom is -0.313 e. The largest absolute Gasteiger partial charge is 0.313 e. The molecule has 3 unspecified atom stereocenters. The number of fused-ring (bicyclic) bond motifs is 2. The summed E-state index contributed by atoms with van der Waals surface area (Å²) in [4.78, 5) is 2.63. The fourth-order valence-corrected chi connectivity index (χ4v) is 4.41. The zero-order chi connectivity index (χ0) is 14.1. The number of nitrogens with one attached hydrogen (secondary N) is 1. The molecule has 0 amide bonds. The molecular weight excluding hydrogens is 244 g/mol. The van der Waals surface area contributed by atoms with Crippen LogP contribution in [0, 0.1) is 5.92 Å². The second kappa shape index (κ2) is 5.87. The zero-order valence-corrected chi connectivity index (χ0v) is 13.1. The van der Waals surface area contributed by atoms with E-state index in [4.69, 9.17) is 0 Å². The van der Waals surface area contributed by atoms with Crippen molar-refractivity contribution in [2.24, 2.45) is 5.92 Å². The van der Waals surface area contributed by atoms with Crippen LogP contribution in [0.25, 0.3) is 0 Å². The van der Waals surface area contributed by atoms with Gasteiger partial charge in [0.25, 0.3) is 0 Å². The molecular formula is C18H28N2. The predicted molar refractivity (Wildman–Crippen MR) is 84.9 cm³/mol. The van der Waals surface area contributed by atoms with Gasteiger partial charge in [-0.1, -0.05) is 31.2 Å². The summed E-state index contributed by atoms with van der Waals surface area (Å²) in [5.74, 6) is 0.792. The first-order chi connectivity index (χ1) is 9.72. The third kappa shape index (κ3) is 2.51. The average molecular weight is 272 g/mol. The van der Waals surface area contributed by atoms with Gasteiger partial charge in [-0.05, 0) is 63.2 Å². The highest BCUT2D eigenvalue weighted by molar-refractivity contribution is 5.27. The van der Waals surface area contributed by atoms with Gasteiger partial charge < -0.3 is 10.2 Å². The zero-order valence-electron chi connectivity index (χ0n) is 13.1. The van der Waals surface area contributed by atoms with Crippen molar-refractivity contribution in [2.75, 3.05) is 14.1 Å². The molecule has 0 saturated carbocycles. The molecule has 0 spiro atoms. The van der Waals surface area contributed by atoms with Crippen LogP contribution in [0.1, 0.15) is 49.8 Å². The highest BCUT2D eigenvalue weighted by Gasteiger charge is 2.40. The van der Waals surface area contributed by atoms with Crippen molar-refractivity contribution in [3.05, 3.63) is 35.4 Å². The highest BCUT2D eigenvalue weighted by atomic mass is 15.2. The van der Waals surface area contributed by atoms with Gasteiger partial charge in [-0.3, -0.25) is 0 Å². The molecule has 2 heterocycles. The minimum atomic E-state index is 0.526. The summed E-state index contributed by atoms with van der Waals surface area (Å²) in [6, 6.07) is 11.4. The third-order valence-electron chi connectivity index (χ3n) is 5.64. The number of benzene rings is 1. The van der Waals surface area contributed by atoms with Gasteiger partial charge in [-0.15, -0.1) is 0 Å². The van der Waals surface area contributed by atoms with Gasteiger partial charge in [-0.2, -0.15) is 0 Å². The van der Waals surface area contributed by atoms with E-state index in [0.29, 0.717) is 6.04 Å². The van der Waals surface area contributed by atoms with Gasteiger partial charge in [0.2, 0.25) is 0 Å². The maximum atomic E-state index is 3.60. The Hall–Kier alpha value is -0.860. The van der Waals surface area contributed by atoms with Gasteiger partial charge in [0.15, 0.2) is 0 Å². The van der Waals surface area contributed by atoms with E-state index in [1.54, 1.807) is 0 Å². The van der Waals surface area contributed by atoms with E-state index >= 15 is 0 Å². The van der Waals surface area contributed by atoms with Crippen LogP contribution in [0.5, 0.6) is 0 Å². The molecule has 2 aliphatic rings. The smallest absolute Gasteiger partial charge is 0.0347 e. The molecule has 3 atom stereocenters. The Morgan fingerprint density at radius 1 is 1.25 bits per heavy atom. The number of piperidine rings is 1. The number of nitrogens with zero attached hydrogens (tertiary/aromatic N) is 1. The molecule has 0 radical (unpaired) electrons. The molecule has 20 heavy (non-hydrogen) atoms. The maximum Gasteiger partial charge on any atom is 0.0347 e. The molecule has 2 fully saturated rings. The Kier molecular flexibility index (Phi) is 4.13. The Labute approximate surface area is 123 Å². The van der Waals surface area contributed by atoms with Gasteiger partial charge in [-0.25, -0.2) is 0 Å². The molecule has 2 aliphatic heterocycles. The molecule has 1 aromatic rings. The van der Waals surface area contributed by atoms with E-state index in [1.165, 1.54) is 36.8 Å². The third-order valence-corrected chi connectivity index (χ3v) is 5.64. The van der Waals surface area contributed by atoms with Crippen molar-refractivity contribution >= 4 is 0 Å². The Morgan fingerprint density at radius 3 is 2.55 bits per heavy atom. The summed E-state index contributed by atoms with van der Waals surface area (Å²) < 4.78 is 0. The molecule has 2 saturated heterocycles. The van der Waals surface area contributed by atoms with Gasteiger partial charge in [0.1, 0.15) is 0 Å². The van der Waals surface area contributed by atoms with Crippen LogP contribution in [0.15, 0.2) is 24.3 Å². The molecule has 1 N–H and O–H groups in total. The van der Waals surface area contributed by atoms with Crippen molar-refractivity contribution < 1.29 is 0 Å². The summed E-state index contributed by atoms with van der Waals surface area (Å²) in [6.45, 7) is 2.24. The lowest BCUT2D eigenvalue weighted by Gasteiger charge is -2.40. The highest BCUT2D eigenvalue weighted by Crippen LogP contribution is 2.42. The van der Waals surface area contributed by atoms with Crippen molar-refractivity contribution in [2.45, 2.75) is 57.2 Å². The maximum absolute atomic E-state index is 3.60. The van der Waals surface area contributed by atoms with Crippen molar-refractivity contribution in [1.82, 2.24) is 10.2 Å². The average Bonchev–Trinajstić information content (AvgIpc) is 2.70. The fourth-order valence-electron chi connectivity index (χ4n) is 4.41. The topological polar surface area (TPSA) is 15.3 Å². The molecule has 2 bridgehead atoms. The van der Waals surface area contributed by atoms with Crippen molar-refractivity contribution in [3.8, 4) is 0 Å². The standard InChI is InChI=1S/C18H28N2/c1-4-13-6-5-7-14(10-13)18(19-2)15-11-16-8-9-17(12-15)20(16)3/h5-7,10,15-19H,4,8-9,11-12H2,1-3H3. The molecule has 2 nitrogen and oxygen atoms in total. The van der Waals surface area contributed by atoms with Crippen LogP contribution in [0.2, 0.25) is 0 Å². The summed E-state index contributed by atoms with van der Waals surface area (Å²) >= 11 is 0. The van der Waals surface area contributed by atoms with Crippen LogP contribution >= 0.6 is 0 Å². The van der Waals surface area contributed by atoms with Crippen LogP contribution in [-0.4, -0.2) is 31.1 Å². The fraction of sp³-hybridized carbons (Fsp3) is 0.667. The Morgan fingerprint density at radius 2 is 1.95 bits per heavy atom. The van der Waals surface area contributed by atoms with E-state index in [2.05, 4.69) is 55.5 Å². The normalized spacial score (nSPS) is 31.4. The first-order valence-corrected chi connectivity index (χ1v) is 8.21. The van der Waals surface area contributed by atoms with Crippen molar-refractivity contribution in [3.63, 3.8) is 0 Å². The predicted octanol–water partition coefficient (Wildman–Crippen LogP) is 3.38. The van der Waals surface area contributed by atoms with Gasteiger partial charge in [0.05, 0.1) is 0 Å². The van der Waals surface area contributed by atoms with Crippen molar-refractivity contribution in [1.29, 1.82) is 0 Å². The molecule has 0 aliphatic carbocycles. The van der Waals surface area contributed by atoms with Crippen LogP contribution in [0.4, 0.5) is 0 Å². The first kappa shape index (κ1) is 14.1. The van der Waals surface area contributed by atoms with Crippen LogP contribution < -0.4 is 5.32 Å². The molecule has 2 heteroatoms. The van der Waals surface area contributed by atoms with E-state index in [-0.39, 0.29) is 0 Å². The van der Waals surface area contributed by atoms with E-state index < -0.39 is 0 Å². The monoisotopic (exact) mass is 272 g/mol. The summed E-state index contributed by atoms with van der Waals surface area (Å²) in [5.41, 5.74) is 2.94.